The van der Waals surface area contributed by atoms with Gasteiger partial charge in [0.15, 0.2) is 0 Å². The lowest BCUT2D eigenvalue weighted by Gasteiger charge is -2.25. The van der Waals surface area contributed by atoms with Crippen molar-refractivity contribution in [1.82, 2.24) is 9.88 Å². The number of rotatable bonds is 7. The average molecular weight is 444 g/mol. The molecule has 0 saturated carbocycles. The molecule has 1 aromatic heterocycles. The molecule has 2 heterocycles. The van der Waals surface area contributed by atoms with E-state index in [4.69, 9.17) is 4.74 Å². The van der Waals surface area contributed by atoms with Crippen molar-refractivity contribution < 1.29 is 24.5 Å². The van der Waals surface area contributed by atoms with Gasteiger partial charge >= 0.3 is 0 Å². The first-order chi connectivity index (χ1) is 16.0. The van der Waals surface area contributed by atoms with E-state index in [2.05, 4.69) is 4.98 Å². The number of benzene rings is 2. The molecule has 33 heavy (non-hydrogen) atoms. The Labute approximate surface area is 191 Å². The van der Waals surface area contributed by atoms with Crippen molar-refractivity contribution in [2.75, 3.05) is 6.61 Å². The van der Waals surface area contributed by atoms with E-state index in [0.29, 0.717) is 23.5 Å². The molecule has 0 aliphatic carbocycles. The van der Waals surface area contributed by atoms with Crippen LogP contribution in [0.3, 0.4) is 0 Å². The molecule has 2 N–H and O–H groups in total. The van der Waals surface area contributed by atoms with Gasteiger partial charge in [0.2, 0.25) is 0 Å². The van der Waals surface area contributed by atoms with E-state index in [1.807, 2.05) is 13.0 Å². The van der Waals surface area contributed by atoms with Crippen molar-refractivity contribution in [2.45, 2.75) is 25.9 Å². The average Bonchev–Trinajstić information content (AvgIpc) is 3.08. The molecule has 1 aliphatic rings. The van der Waals surface area contributed by atoms with Crippen molar-refractivity contribution in [2.24, 2.45) is 0 Å². The molecule has 3 aromatic rings. The van der Waals surface area contributed by atoms with Crippen LogP contribution in [0.1, 0.15) is 36.1 Å². The van der Waals surface area contributed by atoms with E-state index in [1.54, 1.807) is 54.9 Å². The number of nitrogens with zero attached hydrogens (tertiary/aromatic N) is 2. The van der Waals surface area contributed by atoms with Gasteiger partial charge in [0.05, 0.1) is 18.2 Å². The van der Waals surface area contributed by atoms with Crippen LogP contribution in [0.4, 0.5) is 0 Å². The first-order valence-electron chi connectivity index (χ1n) is 10.7. The number of carbonyl (C=O) groups is 2. The summed E-state index contributed by atoms with van der Waals surface area (Å²) in [7, 11) is 0. The zero-order chi connectivity index (χ0) is 23.4. The van der Waals surface area contributed by atoms with Crippen LogP contribution >= 0.6 is 0 Å². The predicted octanol–water partition coefficient (Wildman–Crippen LogP) is 4.20. The fraction of sp³-hybridized carbons (Fsp3) is 0.192. The maximum absolute atomic E-state index is 13.1. The Morgan fingerprint density at radius 3 is 2.58 bits per heavy atom. The highest BCUT2D eigenvalue weighted by Crippen LogP contribution is 2.40. The molecule has 1 saturated heterocycles. The number of carbonyl (C=O) groups excluding carboxylic acids is 2. The SMILES string of the molecule is CCCOc1cccc(/C(O)=C2\C(=O)C(=O)N(Cc3cccnc3)C2c2ccc(O)cc2)c1. The molecular formula is C26H24N2O5. The second-order valence-corrected chi connectivity index (χ2v) is 7.76. The number of phenolic OH excluding ortho intramolecular Hbond substituents is 1. The molecule has 1 unspecified atom stereocenters. The summed E-state index contributed by atoms with van der Waals surface area (Å²) < 4.78 is 5.65. The molecule has 0 spiro atoms. The number of Topliss-reactive ketones (excluding diaryl/α,β-unsaturated/α-hetero) is 1. The normalized spacial score (nSPS) is 17.4. The minimum Gasteiger partial charge on any atom is -0.508 e. The van der Waals surface area contributed by atoms with Crippen molar-refractivity contribution in [3.63, 3.8) is 0 Å². The highest BCUT2D eigenvalue weighted by molar-refractivity contribution is 6.46. The fourth-order valence-electron chi connectivity index (χ4n) is 3.84. The zero-order valence-corrected chi connectivity index (χ0v) is 18.1. The summed E-state index contributed by atoms with van der Waals surface area (Å²) in [6.45, 7) is 2.65. The van der Waals surface area contributed by atoms with E-state index in [-0.39, 0.29) is 23.6 Å². The van der Waals surface area contributed by atoms with E-state index in [1.165, 1.54) is 17.0 Å². The Morgan fingerprint density at radius 1 is 1.09 bits per heavy atom. The number of aromatic nitrogens is 1. The maximum Gasteiger partial charge on any atom is 0.295 e. The minimum absolute atomic E-state index is 0.0118. The Kier molecular flexibility index (Phi) is 6.40. The number of amides is 1. The van der Waals surface area contributed by atoms with Crippen molar-refractivity contribution in [3.8, 4) is 11.5 Å². The predicted molar refractivity (Wildman–Crippen MR) is 122 cm³/mol. The molecule has 7 nitrogen and oxygen atoms in total. The summed E-state index contributed by atoms with van der Waals surface area (Å²) in [5, 5.41) is 20.9. The monoisotopic (exact) mass is 444 g/mol. The number of hydrogen-bond donors (Lipinski definition) is 2. The molecule has 2 aromatic carbocycles. The molecule has 7 heteroatoms. The smallest absolute Gasteiger partial charge is 0.295 e. The van der Waals surface area contributed by atoms with Gasteiger partial charge in [-0.2, -0.15) is 0 Å². The maximum atomic E-state index is 13.1. The molecule has 168 valence electrons. The van der Waals surface area contributed by atoms with E-state index >= 15 is 0 Å². The van der Waals surface area contributed by atoms with Gasteiger partial charge in [-0.05, 0) is 47.9 Å². The summed E-state index contributed by atoms with van der Waals surface area (Å²) in [6.07, 6.45) is 4.08. The third-order valence-electron chi connectivity index (χ3n) is 5.40. The Balaban J connectivity index is 1.81. The van der Waals surface area contributed by atoms with Crippen molar-refractivity contribution >= 4 is 17.4 Å². The van der Waals surface area contributed by atoms with E-state index in [9.17, 15) is 19.8 Å². The lowest BCUT2D eigenvalue weighted by molar-refractivity contribution is -0.140. The Hall–Kier alpha value is -4.13. The third kappa shape index (κ3) is 4.57. The summed E-state index contributed by atoms with van der Waals surface area (Å²) in [6, 6.07) is 15.8. The number of aliphatic hydroxyl groups excluding tert-OH is 1. The quantitative estimate of drug-likeness (QED) is 0.322. The van der Waals surface area contributed by atoms with Crippen LogP contribution in [0.5, 0.6) is 11.5 Å². The van der Waals surface area contributed by atoms with E-state index < -0.39 is 17.7 Å². The van der Waals surface area contributed by atoms with Gasteiger partial charge in [-0.25, -0.2) is 0 Å². The van der Waals surface area contributed by atoms with Crippen LogP contribution in [-0.2, 0) is 16.1 Å². The molecule has 1 atom stereocenters. The highest BCUT2D eigenvalue weighted by atomic mass is 16.5. The second-order valence-electron chi connectivity index (χ2n) is 7.76. The summed E-state index contributed by atoms with van der Waals surface area (Å²) in [5.74, 6) is -1.14. The Bertz CT molecular complexity index is 1190. The number of ketones is 1. The molecule has 1 fully saturated rings. The van der Waals surface area contributed by atoms with Crippen LogP contribution in [0, 0.1) is 0 Å². The van der Waals surface area contributed by atoms with Crippen molar-refractivity contribution in [1.29, 1.82) is 0 Å². The second kappa shape index (κ2) is 9.56. The summed E-state index contributed by atoms with van der Waals surface area (Å²) in [5.41, 5.74) is 1.71. The van der Waals surface area contributed by atoms with Crippen molar-refractivity contribution in [3.05, 3.63) is 95.3 Å². The van der Waals surface area contributed by atoms with Gasteiger partial charge in [0, 0.05) is 24.5 Å². The van der Waals surface area contributed by atoms with Gasteiger partial charge in [-0.15, -0.1) is 0 Å². The van der Waals surface area contributed by atoms with Gasteiger partial charge in [0.25, 0.3) is 11.7 Å². The van der Waals surface area contributed by atoms with Crippen LogP contribution in [0.15, 0.2) is 78.6 Å². The fourth-order valence-corrected chi connectivity index (χ4v) is 3.84. The van der Waals surface area contributed by atoms with Gasteiger partial charge in [-0.3, -0.25) is 14.6 Å². The van der Waals surface area contributed by atoms with Crippen LogP contribution in [-0.4, -0.2) is 38.4 Å². The highest BCUT2D eigenvalue weighted by Gasteiger charge is 2.46. The van der Waals surface area contributed by atoms with Gasteiger partial charge in [-0.1, -0.05) is 37.3 Å². The standard InChI is InChI=1S/C26H24N2O5/c1-2-13-33-21-7-3-6-19(14-21)24(30)22-23(18-8-10-20(29)11-9-18)28(26(32)25(22)31)16-17-5-4-12-27-15-17/h3-12,14-15,23,29-30H,2,13,16H2,1H3/b24-22+. The summed E-state index contributed by atoms with van der Waals surface area (Å²) in [4.78, 5) is 31.7. The summed E-state index contributed by atoms with van der Waals surface area (Å²) >= 11 is 0. The number of pyridine rings is 1. The van der Waals surface area contributed by atoms with Crippen LogP contribution in [0.25, 0.3) is 5.76 Å². The molecule has 4 rings (SSSR count). The van der Waals surface area contributed by atoms with Crippen LogP contribution in [0.2, 0.25) is 0 Å². The lowest BCUT2D eigenvalue weighted by atomic mass is 9.95. The van der Waals surface area contributed by atoms with Crippen LogP contribution < -0.4 is 4.74 Å². The lowest BCUT2D eigenvalue weighted by Crippen LogP contribution is -2.29. The number of aliphatic hydroxyl groups is 1. The number of hydrogen-bond acceptors (Lipinski definition) is 6. The third-order valence-corrected chi connectivity index (χ3v) is 5.40. The number of ether oxygens (including phenoxy) is 1. The van der Waals surface area contributed by atoms with Gasteiger partial charge < -0.3 is 19.8 Å². The number of likely N-dealkylation sites (tertiary alicyclic amines) is 1. The molecule has 0 radical (unpaired) electrons. The first-order valence-corrected chi connectivity index (χ1v) is 10.7. The zero-order valence-electron chi connectivity index (χ0n) is 18.1. The number of phenols is 1. The first kappa shape index (κ1) is 22.1. The molecule has 0 bridgehead atoms. The largest absolute Gasteiger partial charge is 0.508 e. The molecular weight excluding hydrogens is 420 g/mol. The minimum atomic E-state index is -0.828. The van der Waals surface area contributed by atoms with Gasteiger partial charge in [0.1, 0.15) is 17.3 Å². The number of aromatic hydroxyl groups is 1. The molecule has 1 aliphatic heterocycles. The topological polar surface area (TPSA) is 100.0 Å². The Morgan fingerprint density at radius 2 is 1.88 bits per heavy atom. The van der Waals surface area contributed by atoms with E-state index in [0.717, 1.165) is 12.0 Å². The molecule has 1 amide bonds.